The summed E-state index contributed by atoms with van der Waals surface area (Å²) in [7, 11) is 1.71. The quantitative estimate of drug-likeness (QED) is 0.312. The molecule has 1 aromatic heterocycles. The molecule has 1 aromatic carbocycles. The summed E-state index contributed by atoms with van der Waals surface area (Å²) in [6, 6.07) is 10.4. The van der Waals surface area contributed by atoms with Gasteiger partial charge in [0, 0.05) is 64.0 Å². The van der Waals surface area contributed by atoms with Crippen molar-refractivity contribution in [3.05, 3.63) is 47.9 Å². The van der Waals surface area contributed by atoms with Gasteiger partial charge in [-0.1, -0.05) is 17.3 Å². The molecular weight excluding hydrogens is 533 g/mol. The lowest BCUT2D eigenvalue weighted by Crippen LogP contribution is -2.52. The predicted molar refractivity (Wildman–Crippen MR) is 139 cm³/mol. The van der Waals surface area contributed by atoms with E-state index in [1.165, 1.54) is 5.56 Å². The Morgan fingerprint density at radius 3 is 2.45 bits per heavy atom. The lowest BCUT2D eigenvalue weighted by Gasteiger charge is -2.39. The summed E-state index contributed by atoms with van der Waals surface area (Å²) in [5.74, 6) is 1.89. The second-order valence-corrected chi connectivity index (χ2v) is 8.55. The molecule has 2 aliphatic rings. The molecule has 3 heterocycles. The van der Waals surface area contributed by atoms with Crippen LogP contribution >= 0.6 is 24.0 Å². The SMILES string of the molecule is CCNC(=NCC1(c2ccc(OC)cc2)CCOCC1)N1CCN(Cc2ccon2)CC1.I. The third-order valence-corrected chi connectivity index (χ3v) is 6.57. The Balaban J connectivity index is 0.00000306. The minimum atomic E-state index is -0.0000327. The van der Waals surface area contributed by atoms with E-state index < -0.39 is 0 Å². The first-order valence-electron chi connectivity index (χ1n) is 11.6. The molecule has 9 heteroatoms. The first-order valence-corrected chi connectivity index (χ1v) is 11.6. The Hall–Kier alpha value is -1.85. The number of piperazine rings is 1. The lowest BCUT2D eigenvalue weighted by atomic mass is 9.74. The van der Waals surface area contributed by atoms with E-state index in [4.69, 9.17) is 19.0 Å². The molecule has 0 saturated carbocycles. The number of nitrogens with one attached hydrogen (secondary N) is 1. The predicted octanol–water partition coefficient (Wildman–Crippen LogP) is 3.13. The number of aliphatic imine (C=N–C) groups is 1. The van der Waals surface area contributed by atoms with Crippen molar-refractivity contribution in [3.63, 3.8) is 0 Å². The van der Waals surface area contributed by atoms with Gasteiger partial charge < -0.3 is 24.2 Å². The van der Waals surface area contributed by atoms with Crippen LogP contribution in [-0.4, -0.2) is 80.5 Å². The molecular formula is C24H36IN5O3. The molecule has 33 heavy (non-hydrogen) atoms. The summed E-state index contributed by atoms with van der Waals surface area (Å²) in [6.45, 7) is 9.98. The molecule has 4 rings (SSSR count). The number of hydrogen-bond acceptors (Lipinski definition) is 6. The van der Waals surface area contributed by atoms with Gasteiger partial charge in [-0.3, -0.25) is 9.89 Å². The molecule has 0 radical (unpaired) electrons. The molecule has 2 saturated heterocycles. The van der Waals surface area contributed by atoms with Crippen molar-refractivity contribution < 1.29 is 14.0 Å². The third kappa shape index (κ3) is 6.60. The molecule has 2 fully saturated rings. The maximum atomic E-state index is 5.70. The van der Waals surface area contributed by atoms with E-state index in [-0.39, 0.29) is 29.4 Å². The highest BCUT2D eigenvalue weighted by molar-refractivity contribution is 14.0. The van der Waals surface area contributed by atoms with Crippen molar-refractivity contribution in [3.8, 4) is 5.75 Å². The highest BCUT2D eigenvalue weighted by Gasteiger charge is 2.35. The Morgan fingerprint density at radius 2 is 1.85 bits per heavy atom. The Labute approximate surface area is 213 Å². The Kier molecular flexibility index (Phi) is 9.81. The summed E-state index contributed by atoms with van der Waals surface area (Å²) >= 11 is 0. The molecule has 0 aliphatic carbocycles. The highest BCUT2D eigenvalue weighted by atomic mass is 127. The number of nitrogens with zero attached hydrogens (tertiary/aromatic N) is 4. The number of rotatable bonds is 7. The lowest BCUT2D eigenvalue weighted by molar-refractivity contribution is 0.0529. The van der Waals surface area contributed by atoms with Gasteiger partial charge >= 0.3 is 0 Å². The van der Waals surface area contributed by atoms with Gasteiger partial charge in [0.1, 0.15) is 12.0 Å². The van der Waals surface area contributed by atoms with Crippen molar-refractivity contribution >= 4 is 29.9 Å². The second kappa shape index (κ2) is 12.6. The van der Waals surface area contributed by atoms with Gasteiger partial charge in [0.05, 0.1) is 19.3 Å². The number of hydrogen-bond donors (Lipinski definition) is 1. The van der Waals surface area contributed by atoms with Crippen LogP contribution in [0, 0.1) is 0 Å². The van der Waals surface area contributed by atoms with Crippen LogP contribution in [0.15, 0.2) is 46.1 Å². The fourth-order valence-electron chi connectivity index (χ4n) is 4.56. The van der Waals surface area contributed by atoms with Crippen molar-refractivity contribution in [1.82, 2.24) is 20.3 Å². The smallest absolute Gasteiger partial charge is 0.194 e. The largest absolute Gasteiger partial charge is 0.497 e. The highest BCUT2D eigenvalue weighted by Crippen LogP contribution is 2.36. The number of aromatic nitrogens is 1. The molecule has 0 bridgehead atoms. The number of guanidine groups is 1. The Bertz CT molecular complexity index is 845. The molecule has 0 atom stereocenters. The zero-order valence-electron chi connectivity index (χ0n) is 19.7. The summed E-state index contributed by atoms with van der Waals surface area (Å²) in [5, 5.41) is 7.56. The van der Waals surface area contributed by atoms with Crippen LogP contribution in [0.25, 0.3) is 0 Å². The van der Waals surface area contributed by atoms with Crippen LogP contribution in [0.3, 0.4) is 0 Å². The van der Waals surface area contributed by atoms with Gasteiger partial charge in [-0.25, -0.2) is 0 Å². The van der Waals surface area contributed by atoms with Crippen LogP contribution in [0.2, 0.25) is 0 Å². The van der Waals surface area contributed by atoms with Crippen LogP contribution in [0.4, 0.5) is 0 Å². The zero-order chi connectivity index (χ0) is 22.2. The summed E-state index contributed by atoms with van der Waals surface area (Å²) in [6.07, 6.45) is 3.60. The molecule has 0 unspecified atom stereocenters. The first kappa shape index (κ1) is 25.8. The monoisotopic (exact) mass is 569 g/mol. The zero-order valence-corrected chi connectivity index (χ0v) is 22.0. The van der Waals surface area contributed by atoms with Crippen molar-refractivity contribution in [2.45, 2.75) is 31.7 Å². The fourth-order valence-corrected chi connectivity index (χ4v) is 4.56. The Morgan fingerprint density at radius 1 is 1.12 bits per heavy atom. The number of benzene rings is 1. The summed E-state index contributed by atoms with van der Waals surface area (Å²) < 4.78 is 16.0. The van der Waals surface area contributed by atoms with E-state index in [1.807, 2.05) is 6.07 Å². The first-order chi connectivity index (χ1) is 15.7. The molecule has 0 spiro atoms. The minimum Gasteiger partial charge on any atom is -0.497 e. The topological polar surface area (TPSA) is 75.4 Å². The average molecular weight is 569 g/mol. The maximum Gasteiger partial charge on any atom is 0.194 e. The van der Waals surface area contributed by atoms with E-state index in [2.05, 4.69) is 51.5 Å². The number of methoxy groups -OCH3 is 1. The van der Waals surface area contributed by atoms with Gasteiger partial charge in [0.15, 0.2) is 5.96 Å². The second-order valence-electron chi connectivity index (χ2n) is 8.55. The third-order valence-electron chi connectivity index (χ3n) is 6.57. The standard InChI is InChI=1S/C24H35N5O3.HI/c1-3-25-23(29-13-11-28(12-14-29)18-21-8-15-32-27-21)26-19-24(9-16-31-17-10-24)20-4-6-22(30-2)7-5-20;/h4-8,15H,3,9-14,16-19H2,1-2H3,(H,25,26);1H. The minimum absolute atomic E-state index is 0. The van der Waals surface area contributed by atoms with E-state index in [9.17, 15) is 0 Å². The molecule has 2 aliphatic heterocycles. The van der Waals surface area contributed by atoms with E-state index in [1.54, 1.807) is 13.4 Å². The average Bonchev–Trinajstić information content (AvgIpc) is 3.36. The van der Waals surface area contributed by atoms with E-state index in [0.29, 0.717) is 0 Å². The van der Waals surface area contributed by atoms with Gasteiger partial charge in [0.25, 0.3) is 0 Å². The number of halogens is 1. The van der Waals surface area contributed by atoms with Gasteiger partial charge in [0.2, 0.25) is 0 Å². The van der Waals surface area contributed by atoms with Gasteiger partial charge in [-0.05, 0) is 37.5 Å². The molecule has 182 valence electrons. The van der Waals surface area contributed by atoms with Crippen molar-refractivity contribution in [1.29, 1.82) is 0 Å². The van der Waals surface area contributed by atoms with E-state index >= 15 is 0 Å². The van der Waals surface area contributed by atoms with Crippen molar-refractivity contribution in [2.24, 2.45) is 4.99 Å². The van der Waals surface area contributed by atoms with Crippen LogP contribution < -0.4 is 10.1 Å². The maximum absolute atomic E-state index is 5.70. The van der Waals surface area contributed by atoms with Crippen LogP contribution in [-0.2, 0) is 16.7 Å². The number of ether oxygens (including phenoxy) is 2. The van der Waals surface area contributed by atoms with E-state index in [0.717, 1.165) is 89.3 Å². The normalized spacial score (nSPS) is 19.1. The molecule has 1 N–H and O–H groups in total. The molecule has 8 nitrogen and oxygen atoms in total. The van der Waals surface area contributed by atoms with Gasteiger partial charge in [-0.2, -0.15) is 0 Å². The molecule has 2 aromatic rings. The van der Waals surface area contributed by atoms with Gasteiger partial charge in [-0.15, -0.1) is 24.0 Å². The van der Waals surface area contributed by atoms with Crippen molar-refractivity contribution in [2.75, 3.05) is 59.6 Å². The molecule has 0 amide bonds. The fraction of sp³-hybridized carbons (Fsp3) is 0.583. The van der Waals surface area contributed by atoms with Crippen LogP contribution in [0.1, 0.15) is 31.0 Å². The van der Waals surface area contributed by atoms with Crippen LogP contribution in [0.5, 0.6) is 5.75 Å². The summed E-state index contributed by atoms with van der Waals surface area (Å²) in [5.41, 5.74) is 2.30. The summed E-state index contributed by atoms with van der Waals surface area (Å²) in [4.78, 5) is 9.94.